The third kappa shape index (κ3) is 1.01. The van der Waals surface area contributed by atoms with Gasteiger partial charge in [0.25, 0.3) is 5.91 Å². The highest BCUT2D eigenvalue weighted by Crippen LogP contribution is 2.34. The molecule has 2 aliphatic heterocycles. The van der Waals surface area contributed by atoms with Crippen molar-refractivity contribution in [2.45, 2.75) is 13.2 Å². The highest BCUT2D eigenvalue weighted by Gasteiger charge is 2.31. The average molecular weight is 204 g/mol. The van der Waals surface area contributed by atoms with E-state index in [9.17, 15) is 4.79 Å². The van der Waals surface area contributed by atoms with Crippen LogP contribution in [0.3, 0.4) is 0 Å². The van der Waals surface area contributed by atoms with Crippen LogP contribution in [0.25, 0.3) is 0 Å². The molecule has 0 spiro atoms. The van der Waals surface area contributed by atoms with Crippen LogP contribution in [0.1, 0.15) is 16.7 Å². The first-order valence-corrected chi connectivity index (χ1v) is 4.57. The first kappa shape index (κ1) is 8.43. The lowest BCUT2D eigenvalue weighted by atomic mass is 10.0. The molecule has 0 aliphatic carbocycles. The molecule has 0 bridgehead atoms. The van der Waals surface area contributed by atoms with Gasteiger partial charge in [-0.1, -0.05) is 11.2 Å². The van der Waals surface area contributed by atoms with E-state index in [0.29, 0.717) is 18.8 Å². The normalized spacial score (nSPS) is 20.3. The van der Waals surface area contributed by atoms with Gasteiger partial charge >= 0.3 is 0 Å². The van der Waals surface area contributed by atoms with E-state index in [4.69, 9.17) is 9.94 Å². The van der Waals surface area contributed by atoms with E-state index in [1.807, 2.05) is 6.07 Å². The summed E-state index contributed by atoms with van der Waals surface area (Å²) in [6, 6.07) is 3.67. The van der Waals surface area contributed by atoms with Gasteiger partial charge in [-0.05, 0) is 11.6 Å². The molecule has 15 heavy (non-hydrogen) atoms. The predicted molar refractivity (Wildman–Crippen MR) is 51.9 cm³/mol. The summed E-state index contributed by atoms with van der Waals surface area (Å²) in [5.74, 6) is -0.368. The maximum atomic E-state index is 11.4. The van der Waals surface area contributed by atoms with Crippen molar-refractivity contribution in [2.24, 2.45) is 5.16 Å². The van der Waals surface area contributed by atoms with E-state index in [-0.39, 0.29) is 11.6 Å². The SMILES string of the molecule is O=C1Nc2c(ccc3c2COC3)/C1=N/O. The zero-order valence-electron chi connectivity index (χ0n) is 7.78. The molecule has 1 aromatic rings. The monoisotopic (exact) mass is 204 g/mol. The largest absolute Gasteiger partial charge is 0.410 e. The Bertz CT molecular complexity index is 494. The maximum absolute atomic E-state index is 11.4. The first-order valence-electron chi connectivity index (χ1n) is 4.57. The van der Waals surface area contributed by atoms with Gasteiger partial charge in [-0.3, -0.25) is 4.79 Å². The zero-order valence-corrected chi connectivity index (χ0v) is 7.78. The zero-order chi connectivity index (χ0) is 10.4. The molecule has 5 nitrogen and oxygen atoms in total. The number of hydrogen-bond acceptors (Lipinski definition) is 4. The van der Waals surface area contributed by atoms with E-state index in [1.165, 1.54) is 0 Å². The molecule has 2 aliphatic rings. The van der Waals surface area contributed by atoms with Crippen LogP contribution < -0.4 is 5.32 Å². The van der Waals surface area contributed by atoms with Crippen LogP contribution in [0.4, 0.5) is 5.69 Å². The maximum Gasteiger partial charge on any atom is 0.278 e. The number of rotatable bonds is 0. The molecular weight excluding hydrogens is 196 g/mol. The van der Waals surface area contributed by atoms with Crippen molar-refractivity contribution in [1.82, 2.24) is 0 Å². The van der Waals surface area contributed by atoms with E-state index in [2.05, 4.69) is 10.5 Å². The molecule has 0 atom stereocenters. The third-order valence-electron chi connectivity index (χ3n) is 2.72. The van der Waals surface area contributed by atoms with Crippen LogP contribution in [0.5, 0.6) is 0 Å². The molecule has 0 fully saturated rings. The van der Waals surface area contributed by atoms with Crippen LogP contribution in [0.2, 0.25) is 0 Å². The Kier molecular flexibility index (Phi) is 1.58. The van der Waals surface area contributed by atoms with Crippen molar-refractivity contribution in [3.63, 3.8) is 0 Å². The lowest BCUT2D eigenvalue weighted by Gasteiger charge is -2.03. The number of amides is 1. The molecular formula is C10H8N2O3. The minimum atomic E-state index is -0.368. The van der Waals surface area contributed by atoms with Crippen molar-refractivity contribution in [3.05, 3.63) is 28.8 Å². The first-order chi connectivity index (χ1) is 7.31. The summed E-state index contributed by atoms with van der Waals surface area (Å²) in [7, 11) is 0. The minimum absolute atomic E-state index is 0.0692. The summed E-state index contributed by atoms with van der Waals surface area (Å²) >= 11 is 0. The van der Waals surface area contributed by atoms with Crippen LogP contribution in [-0.4, -0.2) is 16.8 Å². The molecule has 5 heteroatoms. The fourth-order valence-electron chi connectivity index (χ4n) is 1.99. The number of benzene rings is 1. The standard InChI is InChI=1S/C10H8N2O3/c13-10-9(12-14)6-2-1-5-3-15-4-7(5)8(6)11-10/h1-2,14H,3-4H2,(H,11,12,13). The van der Waals surface area contributed by atoms with Gasteiger partial charge in [0.05, 0.1) is 18.9 Å². The number of hydrogen-bond donors (Lipinski definition) is 2. The molecule has 0 saturated heterocycles. The second-order valence-corrected chi connectivity index (χ2v) is 3.52. The molecule has 0 unspecified atom stereocenters. The van der Waals surface area contributed by atoms with Crippen LogP contribution in [0.15, 0.2) is 17.3 Å². The van der Waals surface area contributed by atoms with Gasteiger partial charge in [0.1, 0.15) is 0 Å². The predicted octanol–water partition coefficient (Wildman–Crippen LogP) is 0.847. The van der Waals surface area contributed by atoms with Gasteiger partial charge in [-0.2, -0.15) is 0 Å². The molecule has 0 radical (unpaired) electrons. The summed E-state index contributed by atoms with van der Waals surface area (Å²) in [4.78, 5) is 11.4. The van der Waals surface area contributed by atoms with E-state index < -0.39 is 0 Å². The number of fused-ring (bicyclic) bond motifs is 3. The number of anilines is 1. The Morgan fingerprint density at radius 1 is 1.40 bits per heavy atom. The second kappa shape index (κ2) is 2.80. The summed E-state index contributed by atoms with van der Waals surface area (Å²) in [6.07, 6.45) is 0. The lowest BCUT2D eigenvalue weighted by molar-refractivity contribution is -0.110. The molecule has 3 rings (SSSR count). The molecule has 1 amide bonds. The Labute approximate surface area is 85.3 Å². The van der Waals surface area contributed by atoms with Gasteiger partial charge < -0.3 is 15.3 Å². The van der Waals surface area contributed by atoms with Crippen molar-refractivity contribution in [2.75, 3.05) is 5.32 Å². The highest BCUT2D eigenvalue weighted by atomic mass is 16.5. The van der Waals surface area contributed by atoms with Crippen LogP contribution >= 0.6 is 0 Å². The van der Waals surface area contributed by atoms with Gasteiger partial charge in [-0.15, -0.1) is 0 Å². The quantitative estimate of drug-likeness (QED) is 0.486. The van der Waals surface area contributed by atoms with Gasteiger partial charge in [0, 0.05) is 11.1 Å². The van der Waals surface area contributed by atoms with Gasteiger partial charge in [0.15, 0.2) is 5.71 Å². The van der Waals surface area contributed by atoms with Crippen LogP contribution in [0, 0.1) is 0 Å². The highest BCUT2D eigenvalue weighted by molar-refractivity contribution is 6.53. The van der Waals surface area contributed by atoms with Crippen molar-refractivity contribution < 1.29 is 14.7 Å². The second-order valence-electron chi connectivity index (χ2n) is 3.52. The van der Waals surface area contributed by atoms with Crippen molar-refractivity contribution in [1.29, 1.82) is 0 Å². The van der Waals surface area contributed by atoms with E-state index >= 15 is 0 Å². The number of oxime groups is 1. The summed E-state index contributed by atoms with van der Waals surface area (Å²) in [5.41, 5.74) is 3.50. The van der Waals surface area contributed by atoms with Crippen LogP contribution in [-0.2, 0) is 22.7 Å². The molecule has 2 N–H and O–H groups in total. The third-order valence-corrected chi connectivity index (χ3v) is 2.72. The summed E-state index contributed by atoms with van der Waals surface area (Å²) in [5, 5.41) is 14.4. The average Bonchev–Trinajstić information content (AvgIpc) is 2.79. The fraction of sp³-hybridized carbons (Fsp3) is 0.200. The van der Waals surface area contributed by atoms with Crippen molar-refractivity contribution in [3.8, 4) is 0 Å². The number of carbonyl (C=O) groups excluding carboxylic acids is 1. The number of nitrogens with zero attached hydrogens (tertiary/aromatic N) is 1. The molecule has 2 heterocycles. The van der Waals surface area contributed by atoms with E-state index in [0.717, 1.165) is 16.8 Å². The fourth-order valence-corrected chi connectivity index (χ4v) is 1.99. The van der Waals surface area contributed by atoms with Gasteiger partial charge in [-0.25, -0.2) is 0 Å². The van der Waals surface area contributed by atoms with E-state index in [1.54, 1.807) is 6.07 Å². The number of nitrogens with one attached hydrogen (secondary N) is 1. The summed E-state index contributed by atoms with van der Waals surface area (Å²) < 4.78 is 5.29. The van der Waals surface area contributed by atoms with Crippen molar-refractivity contribution >= 4 is 17.3 Å². The Balaban J connectivity index is 2.25. The summed E-state index contributed by atoms with van der Waals surface area (Å²) in [6.45, 7) is 1.07. The molecule has 76 valence electrons. The molecule has 1 aromatic carbocycles. The Morgan fingerprint density at radius 3 is 3.07 bits per heavy atom. The van der Waals surface area contributed by atoms with Gasteiger partial charge in [0.2, 0.25) is 0 Å². The topological polar surface area (TPSA) is 70.9 Å². The molecule has 0 saturated carbocycles. The smallest absolute Gasteiger partial charge is 0.278 e. The Morgan fingerprint density at radius 2 is 2.27 bits per heavy atom. The Hall–Kier alpha value is -1.88. The molecule has 0 aromatic heterocycles. The number of ether oxygens (including phenoxy) is 1. The lowest BCUT2D eigenvalue weighted by Crippen LogP contribution is -2.14. The minimum Gasteiger partial charge on any atom is -0.410 e. The number of carbonyl (C=O) groups is 1.